The number of hydrogen-bond donors (Lipinski definition) is 2. The maximum Gasteiger partial charge on any atom is 0.261 e. The van der Waals surface area contributed by atoms with E-state index in [-0.39, 0.29) is 21.4 Å². The first-order valence-corrected chi connectivity index (χ1v) is 8.27. The van der Waals surface area contributed by atoms with E-state index in [0.717, 1.165) is 10.2 Å². The lowest BCUT2D eigenvalue weighted by Crippen LogP contribution is -2.34. The van der Waals surface area contributed by atoms with E-state index in [1.165, 1.54) is 19.2 Å². The molecule has 8 heteroatoms. The number of carbonyl (C=O) groups is 1. The Morgan fingerprint density at radius 2 is 2.00 bits per heavy atom. The summed E-state index contributed by atoms with van der Waals surface area (Å²) in [7, 11) is 1.42. The van der Waals surface area contributed by atoms with Crippen molar-refractivity contribution in [1.29, 1.82) is 0 Å². The summed E-state index contributed by atoms with van der Waals surface area (Å²) in [6, 6.07) is 10.3. The molecule has 0 aromatic heterocycles. The van der Waals surface area contributed by atoms with Crippen LogP contribution < -0.4 is 15.4 Å². The van der Waals surface area contributed by atoms with Gasteiger partial charge in [0.25, 0.3) is 5.91 Å². The molecule has 0 saturated heterocycles. The van der Waals surface area contributed by atoms with Crippen LogP contribution in [-0.2, 0) is 0 Å². The van der Waals surface area contributed by atoms with Crippen molar-refractivity contribution in [3.8, 4) is 5.75 Å². The predicted molar refractivity (Wildman–Crippen MR) is 101 cm³/mol. The van der Waals surface area contributed by atoms with Crippen molar-refractivity contribution in [2.45, 2.75) is 0 Å². The number of rotatable bonds is 3. The molecule has 0 fully saturated rings. The second kappa shape index (κ2) is 7.97. The normalized spacial score (nSPS) is 10.1. The number of amides is 1. The summed E-state index contributed by atoms with van der Waals surface area (Å²) in [5.41, 5.74) is 0.934. The summed E-state index contributed by atoms with van der Waals surface area (Å²) >= 11 is 20.4. The van der Waals surface area contributed by atoms with Crippen molar-refractivity contribution in [2.24, 2.45) is 0 Å². The van der Waals surface area contributed by atoms with E-state index < -0.39 is 5.91 Å². The topological polar surface area (TPSA) is 50.4 Å². The third-order valence-electron chi connectivity index (χ3n) is 2.77. The molecule has 1 amide bonds. The molecule has 23 heavy (non-hydrogen) atoms. The van der Waals surface area contributed by atoms with Crippen LogP contribution in [0.25, 0.3) is 0 Å². The molecule has 0 spiro atoms. The maximum absolute atomic E-state index is 12.4. The van der Waals surface area contributed by atoms with E-state index >= 15 is 0 Å². The van der Waals surface area contributed by atoms with Crippen molar-refractivity contribution in [3.63, 3.8) is 0 Å². The third-order valence-corrected chi connectivity index (χ3v) is 3.96. The molecule has 0 radical (unpaired) electrons. The lowest BCUT2D eigenvalue weighted by molar-refractivity contribution is 0.0975. The fourth-order valence-electron chi connectivity index (χ4n) is 1.84. The highest BCUT2D eigenvalue weighted by molar-refractivity contribution is 9.10. The Hall–Kier alpha value is -1.34. The lowest BCUT2D eigenvalue weighted by Gasteiger charge is -2.13. The Morgan fingerprint density at radius 1 is 1.26 bits per heavy atom. The number of carbonyl (C=O) groups excluding carboxylic acids is 1. The number of methoxy groups -OCH3 is 1. The van der Waals surface area contributed by atoms with E-state index in [2.05, 4.69) is 26.6 Å². The molecule has 0 aliphatic rings. The van der Waals surface area contributed by atoms with E-state index in [9.17, 15) is 4.79 Å². The zero-order chi connectivity index (χ0) is 17.0. The molecule has 0 heterocycles. The summed E-state index contributed by atoms with van der Waals surface area (Å²) in [5.74, 6) is -0.238. The van der Waals surface area contributed by atoms with E-state index in [4.69, 9.17) is 40.2 Å². The smallest absolute Gasteiger partial charge is 0.261 e. The molecule has 0 saturated carbocycles. The van der Waals surface area contributed by atoms with Gasteiger partial charge < -0.3 is 10.1 Å². The van der Waals surface area contributed by atoms with Gasteiger partial charge in [0.15, 0.2) is 5.11 Å². The summed E-state index contributed by atoms with van der Waals surface area (Å²) in [6.07, 6.45) is 0. The van der Waals surface area contributed by atoms with Crippen LogP contribution in [0.2, 0.25) is 10.0 Å². The highest BCUT2D eigenvalue weighted by Crippen LogP contribution is 2.32. The zero-order valence-corrected chi connectivity index (χ0v) is 15.7. The largest absolute Gasteiger partial charge is 0.494 e. The second-order valence-corrected chi connectivity index (χ2v) is 6.55. The van der Waals surface area contributed by atoms with Crippen molar-refractivity contribution in [2.75, 3.05) is 12.4 Å². The Kier molecular flexibility index (Phi) is 6.24. The van der Waals surface area contributed by atoms with Gasteiger partial charge in [0.1, 0.15) is 5.75 Å². The van der Waals surface area contributed by atoms with Crippen LogP contribution in [0.15, 0.2) is 40.9 Å². The minimum Gasteiger partial charge on any atom is -0.494 e. The number of hydrogen-bond acceptors (Lipinski definition) is 3. The molecule has 2 aromatic carbocycles. The number of halogens is 3. The quantitative estimate of drug-likeness (QED) is 0.676. The first kappa shape index (κ1) is 18.0. The molecule has 0 aliphatic carbocycles. The first-order valence-electron chi connectivity index (χ1n) is 6.31. The average molecular weight is 434 g/mol. The maximum atomic E-state index is 12.4. The van der Waals surface area contributed by atoms with Gasteiger partial charge in [-0.15, -0.1) is 0 Å². The number of ether oxygens (including phenoxy) is 1. The van der Waals surface area contributed by atoms with Crippen molar-refractivity contribution in [1.82, 2.24) is 5.32 Å². The van der Waals surface area contributed by atoms with Crippen LogP contribution in [0.5, 0.6) is 5.75 Å². The van der Waals surface area contributed by atoms with Gasteiger partial charge in [-0.05, 0) is 42.5 Å². The van der Waals surface area contributed by atoms with Gasteiger partial charge in [-0.3, -0.25) is 10.1 Å². The number of anilines is 1. The SMILES string of the molecule is COc1c(Cl)cc(Cl)cc1C(=O)NC(=S)Nc1cccc(Br)c1. The fraction of sp³-hybridized carbons (Fsp3) is 0.0667. The van der Waals surface area contributed by atoms with Gasteiger partial charge in [-0.1, -0.05) is 45.2 Å². The second-order valence-electron chi connectivity index (χ2n) is 4.39. The predicted octanol–water partition coefficient (Wildman–Crippen LogP) is 4.89. The van der Waals surface area contributed by atoms with Crippen molar-refractivity contribution < 1.29 is 9.53 Å². The fourth-order valence-corrected chi connectivity index (χ4v) is 3.02. The van der Waals surface area contributed by atoms with E-state index in [1.54, 1.807) is 0 Å². The molecule has 0 bridgehead atoms. The minimum absolute atomic E-state index is 0.145. The van der Waals surface area contributed by atoms with Crippen LogP contribution in [0.1, 0.15) is 10.4 Å². The van der Waals surface area contributed by atoms with Gasteiger partial charge in [-0.25, -0.2) is 0 Å². The highest BCUT2D eigenvalue weighted by atomic mass is 79.9. The molecular weight excluding hydrogens is 423 g/mol. The summed E-state index contributed by atoms with van der Waals surface area (Å²) < 4.78 is 6.04. The molecule has 0 atom stereocenters. The molecule has 0 aliphatic heterocycles. The molecule has 2 rings (SSSR count). The summed E-state index contributed by atoms with van der Waals surface area (Å²) in [6.45, 7) is 0. The van der Waals surface area contributed by atoms with Gasteiger partial charge in [-0.2, -0.15) is 0 Å². The molecule has 2 aromatic rings. The standard InChI is InChI=1S/C15H11BrCl2N2O2S/c1-22-13-11(6-9(17)7-12(13)18)14(21)20-15(23)19-10-4-2-3-8(16)5-10/h2-7H,1H3,(H2,19,20,21,23). The molecule has 0 unspecified atom stereocenters. The molecule has 2 N–H and O–H groups in total. The number of benzene rings is 2. The zero-order valence-electron chi connectivity index (χ0n) is 11.8. The number of thiocarbonyl (C=S) groups is 1. The minimum atomic E-state index is -0.473. The summed E-state index contributed by atoms with van der Waals surface area (Å²) in [5, 5.41) is 6.19. The average Bonchev–Trinajstić information content (AvgIpc) is 2.46. The Labute approximate surface area is 157 Å². The highest BCUT2D eigenvalue weighted by Gasteiger charge is 2.17. The van der Waals surface area contributed by atoms with Gasteiger partial charge >= 0.3 is 0 Å². The first-order chi connectivity index (χ1) is 10.9. The van der Waals surface area contributed by atoms with Crippen LogP contribution in [-0.4, -0.2) is 18.1 Å². The van der Waals surface area contributed by atoms with Crippen molar-refractivity contribution >= 4 is 68.1 Å². The van der Waals surface area contributed by atoms with Crippen LogP contribution >= 0.6 is 51.3 Å². The van der Waals surface area contributed by atoms with Crippen LogP contribution in [0.4, 0.5) is 5.69 Å². The van der Waals surface area contributed by atoms with E-state index in [1.807, 2.05) is 24.3 Å². The van der Waals surface area contributed by atoms with Gasteiger partial charge in [0.2, 0.25) is 0 Å². The number of nitrogens with one attached hydrogen (secondary N) is 2. The van der Waals surface area contributed by atoms with Crippen LogP contribution in [0, 0.1) is 0 Å². The molecular formula is C15H11BrCl2N2O2S. The monoisotopic (exact) mass is 432 g/mol. The van der Waals surface area contributed by atoms with Crippen LogP contribution in [0.3, 0.4) is 0 Å². The lowest BCUT2D eigenvalue weighted by atomic mass is 10.2. The van der Waals surface area contributed by atoms with Crippen molar-refractivity contribution in [3.05, 3.63) is 56.5 Å². The molecule has 120 valence electrons. The van der Waals surface area contributed by atoms with Gasteiger partial charge in [0.05, 0.1) is 17.7 Å². The van der Waals surface area contributed by atoms with Gasteiger partial charge in [0, 0.05) is 15.2 Å². The van der Waals surface area contributed by atoms with E-state index in [0.29, 0.717) is 5.02 Å². The third kappa shape index (κ3) is 4.81. The Balaban J connectivity index is 2.14. The Bertz CT molecular complexity index is 771. The Morgan fingerprint density at radius 3 is 2.65 bits per heavy atom. The molecule has 4 nitrogen and oxygen atoms in total. The summed E-state index contributed by atoms with van der Waals surface area (Å²) in [4.78, 5) is 12.4.